The van der Waals surface area contributed by atoms with Crippen LogP contribution >= 0.6 is 46.6 Å². The zero-order valence-corrected chi connectivity index (χ0v) is 16.9. The summed E-state index contributed by atoms with van der Waals surface area (Å²) >= 11 is 19.5. The number of esters is 1. The molecule has 0 radical (unpaired) electrons. The zero-order valence-electron chi connectivity index (χ0n) is 13.9. The molecular weight excluding hydrogens is 417 g/mol. The highest BCUT2D eigenvalue weighted by atomic mass is 35.5. The fourth-order valence-corrected chi connectivity index (χ4v) is 3.70. The van der Waals surface area contributed by atoms with Gasteiger partial charge in [0.2, 0.25) is 5.91 Å². The van der Waals surface area contributed by atoms with Crippen molar-refractivity contribution in [3.05, 3.63) is 62.6 Å². The van der Waals surface area contributed by atoms with Crippen LogP contribution < -0.4 is 5.32 Å². The van der Waals surface area contributed by atoms with Gasteiger partial charge in [-0.25, -0.2) is 4.79 Å². The number of amides is 1. The number of carbonyl (C=O) groups is 2. The molecule has 4 nitrogen and oxygen atoms in total. The zero-order chi connectivity index (χ0) is 19.1. The van der Waals surface area contributed by atoms with E-state index in [-0.39, 0.29) is 28.9 Å². The average Bonchev–Trinajstić information content (AvgIpc) is 2.57. The standard InChI is InChI=1S/C18H16Cl3NO3S/c1-2-25-18(24)14-6-5-13(8-16(14)21)22-17(23)10-26-9-11-3-4-12(19)7-15(11)20/h3-8H,2,9-10H2,1H3,(H,22,23). The van der Waals surface area contributed by atoms with Gasteiger partial charge in [0.25, 0.3) is 0 Å². The smallest absolute Gasteiger partial charge is 0.339 e. The Morgan fingerprint density at radius 2 is 1.85 bits per heavy atom. The third-order valence-electron chi connectivity index (χ3n) is 3.25. The van der Waals surface area contributed by atoms with E-state index >= 15 is 0 Å². The molecule has 0 aromatic heterocycles. The Morgan fingerprint density at radius 1 is 1.08 bits per heavy atom. The summed E-state index contributed by atoms with van der Waals surface area (Å²) in [5, 5.41) is 4.11. The minimum absolute atomic E-state index is 0.181. The summed E-state index contributed by atoms with van der Waals surface area (Å²) in [5.74, 6) is 0.160. The number of benzene rings is 2. The predicted octanol–water partition coefficient (Wildman–Crippen LogP) is 5.70. The minimum Gasteiger partial charge on any atom is -0.462 e. The number of ether oxygens (including phenoxy) is 1. The molecule has 2 rings (SSSR count). The molecule has 0 spiro atoms. The van der Waals surface area contributed by atoms with Crippen molar-refractivity contribution in [2.24, 2.45) is 0 Å². The van der Waals surface area contributed by atoms with Crippen LogP contribution in [0, 0.1) is 0 Å². The summed E-state index contributed by atoms with van der Waals surface area (Å²) in [6.45, 7) is 1.98. The molecular formula is C18H16Cl3NO3S. The summed E-state index contributed by atoms with van der Waals surface area (Å²) in [6.07, 6.45) is 0. The maximum atomic E-state index is 12.1. The van der Waals surface area contributed by atoms with E-state index in [4.69, 9.17) is 39.5 Å². The second-order valence-corrected chi connectivity index (χ2v) is 7.43. The average molecular weight is 433 g/mol. The van der Waals surface area contributed by atoms with Crippen molar-refractivity contribution in [1.29, 1.82) is 0 Å². The lowest BCUT2D eigenvalue weighted by Crippen LogP contribution is -2.14. The molecule has 2 aromatic carbocycles. The van der Waals surface area contributed by atoms with Crippen LogP contribution in [0.25, 0.3) is 0 Å². The summed E-state index contributed by atoms with van der Waals surface area (Å²) in [5.41, 5.74) is 1.69. The molecule has 26 heavy (non-hydrogen) atoms. The minimum atomic E-state index is -0.495. The molecule has 0 aliphatic rings. The quantitative estimate of drug-likeness (QED) is 0.571. The second-order valence-electron chi connectivity index (χ2n) is 5.19. The van der Waals surface area contributed by atoms with E-state index < -0.39 is 5.97 Å². The SMILES string of the molecule is CCOC(=O)c1ccc(NC(=O)CSCc2ccc(Cl)cc2Cl)cc1Cl. The predicted molar refractivity (Wildman–Crippen MR) is 109 cm³/mol. The van der Waals surface area contributed by atoms with Crippen LogP contribution in [0.15, 0.2) is 36.4 Å². The monoisotopic (exact) mass is 431 g/mol. The topological polar surface area (TPSA) is 55.4 Å². The van der Waals surface area contributed by atoms with Crippen LogP contribution in [-0.2, 0) is 15.3 Å². The normalized spacial score (nSPS) is 10.5. The highest BCUT2D eigenvalue weighted by Crippen LogP contribution is 2.25. The van der Waals surface area contributed by atoms with Crippen molar-refractivity contribution in [2.75, 3.05) is 17.7 Å². The van der Waals surface area contributed by atoms with Gasteiger partial charge in [-0.3, -0.25) is 4.79 Å². The van der Waals surface area contributed by atoms with Gasteiger partial charge >= 0.3 is 5.97 Å². The van der Waals surface area contributed by atoms with Gasteiger partial charge in [-0.2, -0.15) is 0 Å². The lowest BCUT2D eigenvalue weighted by molar-refractivity contribution is -0.113. The van der Waals surface area contributed by atoms with Crippen molar-refractivity contribution in [3.63, 3.8) is 0 Å². The largest absolute Gasteiger partial charge is 0.462 e. The van der Waals surface area contributed by atoms with Crippen LogP contribution in [-0.4, -0.2) is 24.2 Å². The summed E-state index contributed by atoms with van der Waals surface area (Å²) in [4.78, 5) is 23.8. The van der Waals surface area contributed by atoms with Crippen molar-refractivity contribution in [3.8, 4) is 0 Å². The van der Waals surface area contributed by atoms with Gasteiger partial charge in [0.05, 0.1) is 22.9 Å². The van der Waals surface area contributed by atoms with Crippen molar-refractivity contribution in [1.82, 2.24) is 0 Å². The number of carbonyl (C=O) groups excluding carboxylic acids is 2. The van der Waals surface area contributed by atoms with E-state index in [0.717, 1.165) is 5.56 Å². The number of thioether (sulfide) groups is 1. The van der Waals surface area contributed by atoms with Crippen molar-refractivity contribution >= 4 is 64.1 Å². The van der Waals surface area contributed by atoms with Gasteiger partial charge in [-0.15, -0.1) is 11.8 Å². The summed E-state index contributed by atoms with van der Waals surface area (Å²) in [6, 6.07) is 9.92. The molecule has 0 saturated carbocycles. The van der Waals surface area contributed by atoms with E-state index in [1.807, 2.05) is 6.07 Å². The van der Waals surface area contributed by atoms with E-state index in [0.29, 0.717) is 21.5 Å². The third-order valence-corrected chi connectivity index (χ3v) is 5.14. The van der Waals surface area contributed by atoms with Crippen LogP contribution in [0.2, 0.25) is 15.1 Å². The number of nitrogens with one attached hydrogen (secondary N) is 1. The van der Waals surface area contributed by atoms with E-state index in [1.165, 1.54) is 23.9 Å². The molecule has 0 atom stereocenters. The number of anilines is 1. The second kappa shape index (κ2) is 10.1. The lowest BCUT2D eigenvalue weighted by atomic mass is 10.2. The fraction of sp³-hybridized carbons (Fsp3) is 0.222. The Labute approximate surface area is 171 Å². The molecule has 0 aliphatic carbocycles. The fourth-order valence-electron chi connectivity index (χ4n) is 2.06. The van der Waals surface area contributed by atoms with Gasteiger partial charge in [-0.1, -0.05) is 40.9 Å². The van der Waals surface area contributed by atoms with Crippen LogP contribution in [0.1, 0.15) is 22.8 Å². The highest BCUT2D eigenvalue weighted by Gasteiger charge is 2.13. The van der Waals surface area contributed by atoms with Crippen molar-refractivity contribution in [2.45, 2.75) is 12.7 Å². The molecule has 8 heteroatoms. The first kappa shape index (κ1) is 20.9. The van der Waals surface area contributed by atoms with E-state index in [9.17, 15) is 9.59 Å². The van der Waals surface area contributed by atoms with Crippen LogP contribution in [0.3, 0.4) is 0 Å². The van der Waals surface area contributed by atoms with Gasteiger partial charge < -0.3 is 10.1 Å². The number of hydrogen-bond acceptors (Lipinski definition) is 4. The molecule has 0 unspecified atom stereocenters. The first-order valence-corrected chi connectivity index (χ1v) is 9.97. The van der Waals surface area contributed by atoms with Crippen LogP contribution in [0.4, 0.5) is 5.69 Å². The molecule has 0 bridgehead atoms. The third kappa shape index (κ3) is 6.09. The molecule has 0 fully saturated rings. The first-order valence-electron chi connectivity index (χ1n) is 7.69. The summed E-state index contributed by atoms with van der Waals surface area (Å²) < 4.78 is 4.91. The maximum absolute atomic E-state index is 12.1. The number of hydrogen-bond donors (Lipinski definition) is 1. The van der Waals surface area contributed by atoms with E-state index in [1.54, 1.807) is 25.1 Å². The molecule has 2 aromatic rings. The molecule has 0 aliphatic heterocycles. The Hall–Kier alpha value is -1.40. The number of rotatable bonds is 7. The van der Waals surface area contributed by atoms with Gasteiger partial charge in [-0.05, 0) is 42.8 Å². The Morgan fingerprint density at radius 3 is 2.50 bits per heavy atom. The first-order chi connectivity index (χ1) is 12.4. The lowest BCUT2D eigenvalue weighted by Gasteiger charge is -2.09. The van der Waals surface area contributed by atoms with Crippen LogP contribution in [0.5, 0.6) is 0 Å². The molecule has 138 valence electrons. The molecule has 1 N–H and O–H groups in total. The summed E-state index contributed by atoms with van der Waals surface area (Å²) in [7, 11) is 0. The Bertz CT molecular complexity index is 814. The van der Waals surface area contributed by atoms with E-state index in [2.05, 4.69) is 5.32 Å². The van der Waals surface area contributed by atoms with Crippen molar-refractivity contribution < 1.29 is 14.3 Å². The number of halogens is 3. The molecule has 0 heterocycles. The van der Waals surface area contributed by atoms with Gasteiger partial charge in [0, 0.05) is 21.5 Å². The molecule has 0 saturated heterocycles. The van der Waals surface area contributed by atoms with Gasteiger partial charge in [0.15, 0.2) is 0 Å². The highest BCUT2D eigenvalue weighted by molar-refractivity contribution is 7.99. The Kier molecular flexibility index (Phi) is 8.10. The van der Waals surface area contributed by atoms with Gasteiger partial charge in [0.1, 0.15) is 0 Å². The Balaban J connectivity index is 1.87. The maximum Gasteiger partial charge on any atom is 0.339 e. The molecule has 1 amide bonds.